The Kier molecular flexibility index (Phi) is 3.86. The highest BCUT2D eigenvalue weighted by atomic mass is 14.2. The van der Waals surface area contributed by atoms with Gasteiger partial charge in [-0.1, -0.05) is 48.3 Å². The number of aryl methyl sites for hydroxylation is 2. The number of rotatable bonds is 2. The summed E-state index contributed by atoms with van der Waals surface area (Å²) in [4.78, 5) is 0. The van der Waals surface area contributed by atoms with Crippen molar-refractivity contribution in [1.29, 1.82) is 0 Å². The highest BCUT2D eigenvalue weighted by Gasteiger charge is 2.13. The summed E-state index contributed by atoms with van der Waals surface area (Å²) in [6, 6.07) is 9.96. The minimum Gasteiger partial charge on any atom is -0.115 e. The molecule has 0 aliphatic rings. The second-order valence-electron chi connectivity index (χ2n) is 5.09. The second-order valence-corrected chi connectivity index (χ2v) is 5.09. The van der Waals surface area contributed by atoms with Crippen LogP contribution < -0.4 is 5.46 Å². The third kappa shape index (κ3) is 2.30. The van der Waals surface area contributed by atoms with Crippen molar-refractivity contribution >= 4 is 18.9 Å². The van der Waals surface area contributed by atoms with Gasteiger partial charge in [-0.25, -0.2) is 0 Å². The topological polar surface area (TPSA) is 0 Å². The summed E-state index contributed by atoms with van der Waals surface area (Å²) in [6.45, 7) is 10.6. The molecule has 96 valence electrons. The normalized spacial score (nSPS) is 10.1. The van der Waals surface area contributed by atoms with Crippen molar-refractivity contribution in [3.8, 4) is 12.3 Å². The van der Waals surface area contributed by atoms with Crippen molar-refractivity contribution in [3.63, 3.8) is 0 Å². The first-order valence-corrected chi connectivity index (χ1v) is 6.59. The Morgan fingerprint density at radius 3 is 2.40 bits per heavy atom. The van der Waals surface area contributed by atoms with E-state index in [0.29, 0.717) is 5.46 Å². The van der Waals surface area contributed by atoms with E-state index in [1.165, 1.54) is 16.7 Å². The van der Waals surface area contributed by atoms with E-state index in [-0.39, 0.29) is 0 Å². The molecule has 0 atom stereocenters. The van der Waals surface area contributed by atoms with Crippen LogP contribution in [0, 0.1) is 33.1 Å². The average molecular weight is 256 g/mol. The molecular formula is C19H17B. The molecule has 0 fully saturated rings. The number of hydrogen-bond acceptors (Lipinski definition) is 0. The summed E-state index contributed by atoms with van der Waals surface area (Å²) in [5.74, 6) is 2.68. The van der Waals surface area contributed by atoms with Crippen LogP contribution in [0.4, 0.5) is 0 Å². The standard InChI is InChI=1S/C19H17B/c1-6-16-17(8-7-9-18(16)20)15(5)19-13(3)11-10-12(2)14(19)4/h1,7-11H,5H2,2-4H3. The lowest BCUT2D eigenvalue weighted by Gasteiger charge is -2.17. The Hall–Kier alpha value is -2.20. The Balaban J connectivity index is 2.68. The maximum Gasteiger partial charge on any atom is 0.115 e. The van der Waals surface area contributed by atoms with Gasteiger partial charge in [-0.05, 0) is 54.2 Å². The predicted molar refractivity (Wildman–Crippen MR) is 88.6 cm³/mol. The summed E-state index contributed by atoms with van der Waals surface area (Å²) in [6.07, 6.45) is 5.60. The van der Waals surface area contributed by atoms with E-state index in [1.54, 1.807) is 0 Å². The van der Waals surface area contributed by atoms with Gasteiger partial charge >= 0.3 is 0 Å². The van der Waals surface area contributed by atoms with E-state index < -0.39 is 0 Å². The highest BCUT2D eigenvalue weighted by molar-refractivity contribution is 6.34. The zero-order valence-electron chi connectivity index (χ0n) is 12.2. The number of benzene rings is 2. The van der Waals surface area contributed by atoms with Crippen LogP contribution in [0.3, 0.4) is 0 Å². The van der Waals surface area contributed by atoms with Crippen molar-refractivity contribution in [1.82, 2.24) is 0 Å². The van der Waals surface area contributed by atoms with Gasteiger partial charge < -0.3 is 0 Å². The van der Waals surface area contributed by atoms with Crippen molar-refractivity contribution < 1.29 is 0 Å². The Bertz CT molecular complexity index is 730. The van der Waals surface area contributed by atoms with E-state index in [1.807, 2.05) is 18.2 Å². The first kappa shape index (κ1) is 14.2. The van der Waals surface area contributed by atoms with E-state index >= 15 is 0 Å². The summed E-state index contributed by atoms with van der Waals surface area (Å²) in [5, 5.41) is 0. The van der Waals surface area contributed by atoms with Gasteiger partial charge in [0.15, 0.2) is 0 Å². The van der Waals surface area contributed by atoms with Crippen LogP contribution in [0.25, 0.3) is 5.57 Å². The molecule has 0 spiro atoms. The Morgan fingerprint density at radius 2 is 1.75 bits per heavy atom. The lowest BCUT2D eigenvalue weighted by molar-refractivity contribution is 1.27. The van der Waals surface area contributed by atoms with Crippen LogP contribution in [0.15, 0.2) is 36.9 Å². The largest absolute Gasteiger partial charge is 0.115 e. The monoisotopic (exact) mass is 256 g/mol. The van der Waals surface area contributed by atoms with Crippen LogP contribution in [-0.4, -0.2) is 7.85 Å². The molecule has 0 aromatic heterocycles. The predicted octanol–water partition coefficient (Wildman–Crippen LogP) is 3.45. The van der Waals surface area contributed by atoms with Crippen LogP contribution in [0.5, 0.6) is 0 Å². The van der Waals surface area contributed by atoms with Crippen molar-refractivity contribution in [3.05, 3.63) is 70.3 Å². The van der Waals surface area contributed by atoms with Crippen LogP contribution in [-0.2, 0) is 0 Å². The van der Waals surface area contributed by atoms with Gasteiger partial charge in [0.1, 0.15) is 7.85 Å². The molecule has 2 radical (unpaired) electrons. The molecule has 0 unspecified atom stereocenters. The SMILES string of the molecule is [B]c1cccc(C(=C)c2c(C)ccc(C)c2C)c1C#C. The maximum atomic E-state index is 5.97. The molecule has 2 rings (SSSR count). The fraction of sp³-hybridized carbons (Fsp3) is 0.158. The molecule has 0 aliphatic heterocycles. The zero-order chi connectivity index (χ0) is 14.9. The molecule has 0 saturated heterocycles. The Morgan fingerprint density at radius 1 is 1.10 bits per heavy atom. The van der Waals surface area contributed by atoms with Gasteiger partial charge in [-0.2, -0.15) is 0 Å². The molecule has 0 amide bonds. The first-order chi connectivity index (χ1) is 9.47. The fourth-order valence-corrected chi connectivity index (χ4v) is 2.53. The summed E-state index contributed by atoms with van der Waals surface area (Å²) in [5.41, 5.74) is 8.05. The van der Waals surface area contributed by atoms with E-state index in [4.69, 9.17) is 14.3 Å². The van der Waals surface area contributed by atoms with Gasteiger partial charge in [0.05, 0.1) is 0 Å². The minimum absolute atomic E-state index is 0.620. The smallest absolute Gasteiger partial charge is 0.115 e. The van der Waals surface area contributed by atoms with E-state index in [0.717, 1.165) is 22.3 Å². The van der Waals surface area contributed by atoms with Crippen molar-refractivity contribution in [2.24, 2.45) is 0 Å². The van der Waals surface area contributed by atoms with E-state index in [2.05, 4.69) is 45.4 Å². The molecule has 0 nitrogen and oxygen atoms in total. The molecule has 2 aromatic carbocycles. The summed E-state index contributed by atoms with van der Waals surface area (Å²) in [7, 11) is 5.97. The minimum atomic E-state index is 0.620. The lowest BCUT2D eigenvalue weighted by Crippen LogP contribution is -2.11. The van der Waals surface area contributed by atoms with Gasteiger partial charge in [0.2, 0.25) is 0 Å². The molecule has 20 heavy (non-hydrogen) atoms. The molecule has 0 saturated carbocycles. The first-order valence-electron chi connectivity index (χ1n) is 6.59. The number of hydrogen-bond donors (Lipinski definition) is 0. The van der Waals surface area contributed by atoms with Gasteiger partial charge in [-0.15, -0.1) is 6.42 Å². The van der Waals surface area contributed by atoms with Crippen molar-refractivity contribution in [2.45, 2.75) is 20.8 Å². The summed E-state index contributed by atoms with van der Waals surface area (Å²) >= 11 is 0. The molecule has 0 aliphatic carbocycles. The van der Waals surface area contributed by atoms with E-state index in [9.17, 15) is 0 Å². The summed E-state index contributed by atoms with van der Waals surface area (Å²) < 4.78 is 0. The van der Waals surface area contributed by atoms with Gasteiger partial charge in [0.25, 0.3) is 0 Å². The Labute approximate surface area is 123 Å². The lowest BCUT2D eigenvalue weighted by atomic mass is 9.82. The molecule has 2 aromatic rings. The third-order valence-corrected chi connectivity index (χ3v) is 3.81. The molecule has 0 N–H and O–H groups in total. The van der Waals surface area contributed by atoms with Crippen LogP contribution >= 0.6 is 0 Å². The quantitative estimate of drug-likeness (QED) is 0.570. The second kappa shape index (κ2) is 5.43. The molecular weight excluding hydrogens is 239 g/mol. The van der Waals surface area contributed by atoms with Crippen LogP contribution in [0.2, 0.25) is 0 Å². The average Bonchev–Trinajstić information content (AvgIpc) is 2.43. The molecule has 0 heterocycles. The van der Waals surface area contributed by atoms with Gasteiger partial charge in [-0.3, -0.25) is 0 Å². The zero-order valence-corrected chi connectivity index (χ0v) is 12.2. The molecule has 1 heteroatoms. The maximum absolute atomic E-state index is 5.97. The number of terminal acetylenes is 1. The van der Waals surface area contributed by atoms with Crippen LogP contribution in [0.1, 0.15) is 33.4 Å². The fourth-order valence-electron chi connectivity index (χ4n) is 2.53. The van der Waals surface area contributed by atoms with Crippen molar-refractivity contribution in [2.75, 3.05) is 0 Å². The molecule has 0 bridgehead atoms. The van der Waals surface area contributed by atoms with Gasteiger partial charge in [0, 0.05) is 5.56 Å². The highest BCUT2D eigenvalue weighted by Crippen LogP contribution is 2.30. The third-order valence-electron chi connectivity index (χ3n) is 3.81.